The van der Waals surface area contributed by atoms with Crippen LogP contribution in [-0.2, 0) is 0 Å². The van der Waals surface area contributed by atoms with Gasteiger partial charge in [-0.05, 0) is 11.6 Å². The second-order valence-electron chi connectivity index (χ2n) is 1.16. The number of rotatable bonds is 0. The first-order chi connectivity index (χ1) is 4.20. The minimum absolute atomic E-state index is 0.408. The minimum Gasteiger partial charge on any atom is -0.183 e. The van der Waals surface area contributed by atoms with Crippen molar-refractivity contribution in [3.05, 3.63) is 17.2 Å². The molecule has 3 nitrogen and oxygen atoms in total. The molecule has 0 unspecified atom stereocenters. The molecule has 48 valence electrons. The maximum absolute atomic E-state index is 11.9. The molecule has 0 bridgehead atoms. The zero-order valence-electron chi connectivity index (χ0n) is 3.98. The van der Waals surface area contributed by atoms with E-state index in [2.05, 4.69) is 15.2 Å². The molecule has 0 aliphatic heterocycles. The first kappa shape index (κ1) is 6.28. The van der Waals surface area contributed by atoms with Gasteiger partial charge in [0.05, 0.1) is 0 Å². The predicted octanol–water partition coefficient (Wildman–Crippen LogP) is 0.803. The van der Waals surface area contributed by atoms with E-state index in [-0.39, 0.29) is 0 Å². The van der Waals surface area contributed by atoms with Gasteiger partial charge in [0.1, 0.15) is 0 Å². The summed E-state index contributed by atoms with van der Waals surface area (Å²) in [6.45, 7) is 0. The SMILES string of the molecule is Fc1nnc(Cl)nc1F. The normalized spacial score (nSPS) is 9.67. The fraction of sp³-hybridized carbons (Fsp3) is 0. The van der Waals surface area contributed by atoms with Gasteiger partial charge in [-0.1, -0.05) is 0 Å². The lowest BCUT2D eigenvalue weighted by Gasteiger charge is -1.86. The van der Waals surface area contributed by atoms with Gasteiger partial charge >= 0.3 is 0 Å². The molecule has 0 radical (unpaired) electrons. The molecule has 0 saturated heterocycles. The summed E-state index contributed by atoms with van der Waals surface area (Å²) in [7, 11) is 0. The van der Waals surface area contributed by atoms with Crippen molar-refractivity contribution in [2.24, 2.45) is 0 Å². The van der Waals surface area contributed by atoms with Gasteiger partial charge in [-0.3, -0.25) is 0 Å². The maximum Gasteiger partial charge on any atom is 0.288 e. The lowest BCUT2D eigenvalue weighted by atomic mass is 10.8. The Labute approximate surface area is 53.7 Å². The van der Waals surface area contributed by atoms with E-state index in [1.165, 1.54) is 0 Å². The van der Waals surface area contributed by atoms with E-state index >= 15 is 0 Å². The van der Waals surface area contributed by atoms with Crippen molar-refractivity contribution in [1.29, 1.82) is 0 Å². The number of aromatic nitrogens is 3. The van der Waals surface area contributed by atoms with E-state index in [1.54, 1.807) is 0 Å². The van der Waals surface area contributed by atoms with E-state index in [1.807, 2.05) is 0 Å². The quantitative estimate of drug-likeness (QED) is 0.551. The number of halogens is 3. The molecule has 0 saturated carbocycles. The van der Waals surface area contributed by atoms with Crippen molar-refractivity contribution < 1.29 is 8.78 Å². The molecule has 9 heavy (non-hydrogen) atoms. The Morgan fingerprint density at radius 2 is 1.78 bits per heavy atom. The Hall–Kier alpha value is -0.840. The molecule has 0 N–H and O–H groups in total. The van der Waals surface area contributed by atoms with E-state index in [0.29, 0.717) is 0 Å². The second-order valence-corrected chi connectivity index (χ2v) is 1.50. The van der Waals surface area contributed by atoms with E-state index in [9.17, 15) is 8.78 Å². The molecule has 1 rings (SSSR count). The van der Waals surface area contributed by atoms with Crippen LogP contribution in [-0.4, -0.2) is 15.2 Å². The zero-order valence-corrected chi connectivity index (χ0v) is 4.73. The highest BCUT2D eigenvalue weighted by molar-refractivity contribution is 6.28. The van der Waals surface area contributed by atoms with Crippen LogP contribution >= 0.6 is 11.6 Å². The van der Waals surface area contributed by atoms with Crippen molar-refractivity contribution in [2.75, 3.05) is 0 Å². The topological polar surface area (TPSA) is 38.7 Å². The average Bonchev–Trinajstić information content (AvgIpc) is 1.80. The highest BCUT2D eigenvalue weighted by atomic mass is 35.5. The Balaban J connectivity index is 3.17. The molecule has 0 atom stereocenters. The lowest BCUT2D eigenvalue weighted by molar-refractivity contribution is 0.437. The maximum atomic E-state index is 11.9. The van der Waals surface area contributed by atoms with Gasteiger partial charge in [0, 0.05) is 0 Å². The summed E-state index contributed by atoms with van der Waals surface area (Å²) >= 11 is 5.03. The summed E-state index contributed by atoms with van der Waals surface area (Å²) in [5.41, 5.74) is 0. The Kier molecular flexibility index (Phi) is 1.52. The van der Waals surface area contributed by atoms with E-state index in [4.69, 9.17) is 11.6 Å². The molecule has 0 spiro atoms. The van der Waals surface area contributed by atoms with Crippen LogP contribution in [0.4, 0.5) is 8.78 Å². The molecule has 0 amide bonds. The molecule has 1 aromatic rings. The predicted molar refractivity (Wildman–Crippen MR) is 24.8 cm³/mol. The van der Waals surface area contributed by atoms with Crippen molar-refractivity contribution >= 4 is 11.6 Å². The number of hydrogen-bond donors (Lipinski definition) is 0. The van der Waals surface area contributed by atoms with Crippen LogP contribution in [0.25, 0.3) is 0 Å². The Morgan fingerprint density at radius 3 is 2.22 bits per heavy atom. The smallest absolute Gasteiger partial charge is 0.183 e. The van der Waals surface area contributed by atoms with Gasteiger partial charge < -0.3 is 0 Å². The summed E-state index contributed by atoms with van der Waals surface area (Å²) in [5, 5.41) is 5.21. The van der Waals surface area contributed by atoms with Crippen molar-refractivity contribution in [2.45, 2.75) is 0 Å². The highest BCUT2D eigenvalue weighted by Gasteiger charge is 2.04. The van der Waals surface area contributed by atoms with Crippen molar-refractivity contribution in [1.82, 2.24) is 15.2 Å². The summed E-state index contributed by atoms with van der Waals surface area (Å²) in [6, 6.07) is 0. The molecule has 0 aliphatic rings. The summed E-state index contributed by atoms with van der Waals surface area (Å²) in [6.07, 6.45) is 0. The summed E-state index contributed by atoms with van der Waals surface area (Å²) in [5.74, 6) is -2.69. The van der Waals surface area contributed by atoms with Gasteiger partial charge in [0.25, 0.3) is 11.9 Å². The lowest BCUT2D eigenvalue weighted by Crippen LogP contribution is -1.96. The first-order valence-electron chi connectivity index (χ1n) is 1.91. The molecule has 1 heterocycles. The molecule has 1 aromatic heterocycles. The summed E-state index contributed by atoms with van der Waals surface area (Å²) < 4.78 is 23.7. The highest BCUT2D eigenvalue weighted by Crippen LogP contribution is 2.00. The average molecular weight is 152 g/mol. The fourth-order valence-corrected chi connectivity index (χ4v) is 0.388. The minimum atomic E-state index is -1.35. The molecule has 0 aromatic carbocycles. The second kappa shape index (κ2) is 2.18. The third-order valence-electron chi connectivity index (χ3n) is 0.581. The third kappa shape index (κ3) is 1.29. The van der Waals surface area contributed by atoms with Gasteiger partial charge in [-0.15, -0.1) is 10.2 Å². The number of nitrogens with zero attached hydrogens (tertiary/aromatic N) is 3. The molecule has 0 aliphatic carbocycles. The Morgan fingerprint density at radius 1 is 1.11 bits per heavy atom. The number of hydrogen-bond acceptors (Lipinski definition) is 3. The van der Waals surface area contributed by atoms with Gasteiger partial charge in [0.15, 0.2) is 0 Å². The zero-order chi connectivity index (χ0) is 6.85. The largest absolute Gasteiger partial charge is 0.288 e. The van der Waals surface area contributed by atoms with E-state index < -0.39 is 17.2 Å². The molecule has 6 heteroatoms. The van der Waals surface area contributed by atoms with Crippen LogP contribution in [0.2, 0.25) is 5.28 Å². The van der Waals surface area contributed by atoms with Gasteiger partial charge in [0.2, 0.25) is 5.28 Å². The molecule has 0 fully saturated rings. The third-order valence-corrected chi connectivity index (χ3v) is 0.741. The van der Waals surface area contributed by atoms with Gasteiger partial charge in [-0.25, -0.2) is 0 Å². The van der Waals surface area contributed by atoms with Crippen LogP contribution in [0.3, 0.4) is 0 Å². The van der Waals surface area contributed by atoms with Crippen molar-refractivity contribution in [3.8, 4) is 0 Å². The van der Waals surface area contributed by atoms with E-state index in [0.717, 1.165) is 0 Å². The monoisotopic (exact) mass is 151 g/mol. The standard InChI is InChI=1S/C3ClF2N3/c4-3-7-1(5)2(6)8-9-3. The summed E-state index contributed by atoms with van der Waals surface area (Å²) in [4.78, 5) is 2.82. The van der Waals surface area contributed by atoms with Crippen LogP contribution in [0.1, 0.15) is 0 Å². The van der Waals surface area contributed by atoms with Crippen LogP contribution in [0, 0.1) is 11.9 Å². The first-order valence-corrected chi connectivity index (χ1v) is 2.29. The van der Waals surface area contributed by atoms with Crippen molar-refractivity contribution in [3.63, 3.8) is 0 Å². The van der Waals surface area contributed by atoms with Crippen LogP contribution < -0.4 is 0 Å². The molecular formula is C3ClF2N3. The molecular weight excluding hydrogens is 152 g/mol. The fourth-order valence-electron chi connectivity index (χ4n) is 0.276. The van der Waals surface area contributed by atoms with Crippen LogP contribution in [0.15, 0.2) is 0 Å². The Bertz CT molecular complexity index is 228. The van der Waals surface area contributed by atoms with Crippen LogP contribution in [0.5, 0.6) is 0 Å². The van der Waals surface area contributed by atoms with Gasteiger partial charge in [-0.2, -0.15) is 13.8 Å².